The number of nitrogens with zero attached hydrogens (tertiary/aromatic N) is 3. The van der Waals surface area contributed by atoms with Gasteiger partial charge in [0, 0.05) is 25.4 Å². The van der Waals surface area contributed by atoms with Gasteiger partial charge >= 0.3 is 0 Å². The normalized spacial score (nSPS) is 15.9. The van der Waals surface area contributed by atoms with Crippen molar-refractivity contribution in [1.29, 1.82) is 0 Å². The maximum absolute atomic E-state index is 13.2. The van der Waals surface area contributed by atoms with Gasteiger partial charge in [-0.1, -0.05) is 84.9 Å². The molecule has 0 N–H and O–H groups in total. The van der Waals surface area contributed by atoms with Crippen LogP contribution in [0.4, 0.5) is 4.39 Å². The van der Waals surface area contributed by atoms with Crippen LogP contribution in [0.25, 0.3) is 0 Å². The third-order valence-electron chi connectivity index (χ3n) is 7.51. The Morgan fingerprint density at radius 2 is 1.59 bits per heavy atom. The summed E-state index contributed by atoms with van der Waals surface area (Å²) >= 11 is 0. The van der Waals surface area contributed by atoms with Crippen molar-refractivity contribution in [1.82, 2.24) is 15.0 Å². The Morgan fingerprint density at radius 3 is 2.27 bits per heavy atom. The van der Waals surface area contributed by atoms with Crippen LogP contribution in [0.1, 0.15) is 60.5 Å². The first-order valence-electron chi connectivity index (χ1n) is 13.0. The number of likely N-dealkylation sites (tertiary alicyclic amines) is 1. The number of aromatic nitrogens is 2. The van der Waals surface area contributed by atoms with Crippen molar-refractivity contribution < 1.29 is 13.7 Å². The molecule has 5 nitrogen and oxygen atoms in total. The van der Waals surface area contributed by atoms with Gasteiger partial charge in [0.2, 0.25) is 11.8 Å². The van der Waals surface area contributed by atoms with Crippen molar-refractivity contribution in [3.63, 3.8) is 0 Å². The van der Waals surface area contributed by atoms with Gasteiger partial charge in [-0.25, -0.2) is 4.39 Å². The van der Waals surface area contributed by atoms with E-state index in [1.807, 2.05) is 41.3 Å². The maximum Gasteiger partial charge on any atom is 0.229 e. The number of halogens is 1. The third-order valence-corrected chi connectivity index (χ3v) is 7.51. The van der Waals surface area contributed by atoms with Gasteiger partial charge < -0.3 is 9.42 Å². The number of aryl methyl sites for hydroxylation is 1. The zero-order valence-corrected chi connectivity index (χ0v) is 21.1. The highest BCUT2D eigenvalue weighted by Crippen LogP contribution is 2.41. The minimum absolute atomic E-state index is 0.101. The molecule has 4 aromatic rings. The molecule has 1 fully saturated rings. The van der Waals surface area contributed by atoms with Gasteiger partial charge in [0.25, 0.3) is 0 Å². The largest absolute Gasteiger partial charge is 0.343 e. The van der Waals surface area contributed by atoms with Crippen LogP contribution < -0.4 is 0 Å². The fourth-order valence-electron chi connectivity index (χ4n) is 5.28. The van der Waals surface area contributed by atoms with Crippen LogP contribution in [0.15, 0.2) is 89.5 Å². The molecule has 0 saturated carbocycles. The predicted octanol–water partition coefficient (Wildman–Crippen LogP) is 6.10. The number of piperidine rings is 1. The van der Waals surface area contributed by atoms with Crippen LogP contribution in [0.5, 0.6) is 0 Å². The quantitative estimate of drug-likeness (QED) is 0.295. The standard InChI is InChI=1S/C31H32FN3O2/c1-23(22-25-8-4-2-5-9-25)29-33-30(34-37-29)31(26-10-6-3-7-11-26)18-20-35(21-19-31)28(36)17-14-24-12-15-27(32)16-13-24/h2-13,15-16,23H,14,17-22H2,1H3. The van der Waals surface area contributed by atoms with Gasteiger partial charge in [-0.2, -0.15) is 4.98 Å². The number of amides is 1. The maximum atomic E-state index is 13.2. The Bertz CT molecular complexity index is 1300. The molecule has 0 aliphatic carbocycles. The summed E-state index contributed by atoms with van der Waals surface area (Å²) in [4.78, 5) is 19.8. The minimum Gasteiger partial charge on any atom is -0.343 e. The summed E-state index contributed by atoms with van der Waals surface area (Å²) in [7, 11) is 0. The average molecular weight is 498 g/mol. The molecule has 3 aromatic carbocycles. The Balaban J connectivity index is 1.30. The van der Waals surface area contributed by atoms with E-state index in [1.54, 1.807) is 12.1 Å². The Labute approximate surface area is 217 Å². The van der Waals surface area contributed by atoms with Gasteiger partial charge in [0.05, 0.1) is 5.41 Å². The van der Waals surface area contributed by atoms with Crippen LogP contribution in [-0.4, -0.2) is 34.0 Å². The molecule has 1 aliphatic heterocycles. The molecule has 1 aromatic heterocycles. The zero-order valence-electron chi connectivity index (χ0n) is 21.1. The molecule has 2 heterocycles. The van der Waals surface area contributed by atoms with Crippen LogP contribution in [0.2, 0.25) is 0 Å². The highest BCUT2D eigenvalue weighted by Gasteiger charge is 2.43. The van der Waals surface area contributed by atoms with Crippen LogP contribution in [0, 0.1) is 5.82 Å². The summed E-state index contributed by atoms with van der Waals surface area (Å²) in [5.41, 5.74) is 2.95. The number of carbonyl (C=O) groups excluding carboxylic acids is 1. The fraction of sp³-hybridized carbons (Fsp3) is 0.323. The summed E-state index contributed by atoms with van der Waals surface area (Å²) < 4.78 is 19.0. The van der Waals surface area contributed by atoms with E-state index in [-0.39, 0.29) is 17.6 Å². The van der Waals surface area contributed by atoms with Crippen LogP contribution in [0.3, 0.4) is 0 Å². The molecule has 190 valence electrons. The van der Waals surface area contributed by atoms with Crippen LogP contribution >= 0.6 is 0 Å². The van der Waals surface area contributed by atoms with Gasteiger partial charge in [-0.3, -0.25) is 4.79 Å². The van der Waals surface area contributed by atoms with Gasteiger partial charge in [0.1, 0.15) is 5.82 Å². The molecule has 0 radical (unpaired) electrons. The van der Waals surface area contributed by atoms with E-state index in [4.69, 9.17) is 9.51 Å². The van der Waals surface area contributed by atoms with E-state index in [0.29, 0.717) is 37.6 Å². The van der Waals surface area contributed by atoms with E-state index in [0.717, 1.165) is 30.4 Å². The highest BCUT2D eigenvalue weighted by atomic mass is 19.1. The minimum atomic E-state index is -0.400. The lowest BCUT2D eigenvalue weighted by Crippen LogP contribution is -2.46. The summed E-state index contributed by atoms with van der Waals surface area (Å²) in [5.74, 6) is 1.31. The SMILES string of the molecule is CC(Cc1ccccc1)c1nc(C2(c3ccccc3)CCN(C(=O)CCc3ccc(F)cc3)CC2)no1. The Kier molecular flexibility index (Phi) is 7.45. The van der Waals surface area contributed by atoms with Crippen molar-refractivity contribution in [2.75, 3.05) is 13.1 Å². The lowest BCUT2D eigenvalue weighted by atomic mass is 9.72. The number of rotatable bonds is 8. The van der Waals surface area contributed by atoms with Gasteiger partial charge in [0.15, 0.2) is 5.82 Å². The number of hydrogen-bond acceptors (Lipinski definition) is 4. The second-order valence-corrected chi connectivity index (χ2v) is 10.0. The van der Waals surface area contributed by atoms with E-state index in [9.17, 15) is 9.18 Å². The van der Waals surface area contributed by atoms with Crippen LogP contribution in [-0.2, 0) is 23.1 Å². The molecular weight excluding hydrogens is 465 g/mol. The topological polar surface area (TPSA) is 59.2 Å². The number of hydrogen-bond donors (Lipinski definition) is 0. The summed E-state index contributed by atoms with van der Waals surface area (Å²) in [6.07, 6.45) is 3.30. The predicted molar refractivity (Wildman–Crippen MR) is 141 cm³/mol. The molecule has 1 saturated heterocycles. The monoisotopic (exact) mass is 497 g/mol. The molecule has 1 aliphatic rings. The lowest BCUT2D eigenvalue weighted by Gasteiger charge is -2.40. The van der Waals surface area contributed by atoms with Crippen molar-refractivity contribution in [2.45, 2.75) is 50.4 Å². The molecule has 5 rings (SSSR count). The van der Waals surface area contributed by atoms with Crippen molar-refractivity contribution >= 4 is 5.91 Å². The Morgan fingerprint density at radius 1 is 0.946 bits per heavy atom. The first-order valence-corrected chi connectivity index (χ1v) is 13.0. The molecule has 6 heteroatoms. The summed E-state index contributed by atoms with van der Waals surface area (Å²) in [6.45, 7) is 3.36. The molecule has 37 heavy (non-hydrogen) atoms. The van der Waals surface area contributed by atoms with E-state index < -0.39 is 5.41 Å². The van der Waals surface area contributed by atoms with E-state index in [2.05, 4.69) is 36.3 Å². The molecule has 0 bridgehead atoms. The first kappa shape index (κ1) is 24.9. The average Bonchev–Trinajstić information content (AvgIpc) is 3.45. The van der Waals surface area contributed by atoms with E-state index in [1.165, 1.54) is 17.7 Å². The number of benzene rings is 3. The second kappa shape index (κ2) is 11.1. The summed E-state index contributed by atoms with van der Waals surface area (Å²) in [5, 5.41) is 4.48. The first-order chi connectivity index (χ1) is 18.0. The summed E-state index contributed by atoms with van der Waals surface area (Å²) in [6, 6.07) is 27.0. The molecule has 1 atom stereocenters. The third kappa shape index (κ3) is 5.63. The lowest BCUT2D eigenvalue weighted by molar-refractivity contribution is -0.132. The van der Waals surface area contributed by atoms with Crippen molar-refractivity contribution in [3.05, 3.63) is 119 Å². The molecule has 1 amide bonds. The molecule has 0 spiro atoms. The van der Waals surface area contributed by atoms with Crippen molar-refractivity contribution in [2.24, 2.45) is 0 Å². The zero-order chi connectivity index (χ0) is 25.7. The Hall–Kier alpha value is -3.80. The second-order valence-electron chi connectivity index (χ2n) is 10.0. The molecule has 1 unspecified atom stereocenters. The number of carbonyl (C=O) groups is 1. The van der Waals surface area contributed by atoms with Gasteiger partial charge in [-0.05, 0) is 54.5 Å². The van der Waals surface area contributed by atoms with Crippen molar-refractivity contribution in [3.8, 4) is 0 Å². The highest BCUT2D eigenvalue weighted by molar-refractivity contribution is 5.76. The smallest absolute Gasteiger partial charge is 0.229 e. The van der Waals surface area contributed by atoms with Gasteiger partial charge in [-0.15, -0.1) is 0 Å². The fourth-order valence-corrected chi connectivity index (χ4v) is 5.28. The molecular formula is C31H32FN3O2. The van der Waals surface area contributed by atoms with E-state index >= 15 is 0 Å².